The summed E-state index contributed by atoms with van der Waals surface area (Å²) in [7, 11) is 1.88. The monoisotopic (exact) mass is 495 g/mol. The molecule has 2 aromatic heterocycles. The number of carbonyl (C=O) groups excluding carboxylic acids is 1. The lowest BCUT2D eigenvalue weighted by Crippen LogP contribution is -2.09. The molecule has 0 saturated heterocycles. The van der Waals surface area contributed by atoms with Crippen molar-refractivity contribution in [3.05, 3.63) is 96.0 Å². The fraction of sp³-hybridized carbons (Fsp3) is 0.200. The van der Waals surface area contributed by atoms with Gasteiger partial charge in [0, 0.05) is 41.9 Å². The fourth-order valence-electron chi connectivity index (χ4n) is 4.42. The number of nitrogens with zero attached hydrogens (tertiary/aromatic N) is 2. The second kappa shape index (κ2) is 10.7. The van der Waals surface area contributed by atoms with Crippen LogP contribution in [0.5, 0.6) is 5.75 Å². The molecule has 2 heterocycles. The van der Waals surface area contributed by atoms with Gasteiger partial charge in [0.1, 0.15) is 17.9 Å². The van der Waals surface area contributed by atoms with Gasteiger partial charge in [-0.2, -0.15) is 5.10 Å². The first-order valence-corrected chi connectivity index (χ1v) is 12.2. The van der Waals surface area contributed by atoms with Crippen LogP contribution in [-0.4, -0.2) is 22.4 Å². The molecule has 7 heteroatoms. The highest BCUT2D eigenvalue weighted by atomic mass is 16.5. The van der Waals surface area contributed by atoms with Gasteiger partial charge in [-0.1, -0.05) is 30.3 Å². The number of aromatic nitrogens is 2. The van der Waals surface area contributed by atoms with Crippen molar-refractivity contribution in [3.63, 3.8) is 0 Å². The average molecular weight is 496 g/mol. The maximum Gasteiger partial charge on any atom is 0.310 e. The summed E-state index contributed by atoms with van der Waals surface area (Å²) in [5.74, 6) is 0.344. The molecule has 0 saturated carbocycles. The first kappa shape index (κ1) is 24.3. The standard InChI is InChI=1S/C30H29N3O4/c1-3-35-29(34)15-24-8-7-22(26-17-32-33(2)18-26)14-28(24)37-19-21-12-25-9-10-36-30(25)27(13-21)23-6-4-5-20(11-23)16-31/h4-14,17-18H,3,15-16,19,31H2,1-2H3. The van der Waals surface area contributed by atoms with Crippen molar-refractivity contribution in [2.24, 2.45) is 12.8 Å². The molecule has 7 nitrogen and oxygen atoms in total. The molecule has 0 unspecified atom stereocenters. The first-order chi connectivity index (χ1) is 18.0. The Morgan fingerprint density at radius 2 is 1.92 bits per heavy atom. The normalized spacial score (nSPS) is 11.1. The highest BCUT2D eigenvalue weighted by molar-refractivity contribution is 5.93. The molecule has 5 aromatic rings. The van der Waals surface area contributed by atoms with Gasteiger partial charge in [-0.15, -0.1) is 0 Å². The van der Waals surface area contributed by atoms with E-state index in [2.05, 4.69) is 29.4 Å². The Morgan fingerprint density at radius 3 is 2.70 bits per heavy atom. The second-order valence-electron chi connectivity index (χ2n) is 8.88. The zero-order valence-electron chi connectivity index (χ0n) is 20.9. The third-order valence-corrected chi connectivity index (χ3v) is 6.22. The van der Waals surface area contributed by atoms with E-state index in [0.29, 0.717) is 25.5 Å². The molecule has 0 aliphatic carbocycles. The van der Waals surface area contributed by atoms with Crippen molar-refractivity contribution in [1.29, 1.82) is 0 Å². The highest BCUT2D eigenvalue weighted by Crippen LogP contribution is 2.33. The number of aryl methyl sites for hydroxylation is 1. The molecule has 0 bridgehead atoms. The van der Waals surface area contributed by atoms with E-state index in [1.807, 2.05) is 49.6 Å². The Labute approximate surface area is 215 Å². The molecule has 0 atom stereocenters. The van der Waals surface area contributed by atoms with Crippen LogP contribution in [0.2, 0.25) is 0 Å². The number of furan rings is 1. The Morgan fingerprint density at radius 1 is 1.03 bits per heavy atom. The van der Waals surface area contributed by atoms with Gasteiger partial charge in [-0.05, 0) is 59.5 Å². The van der Waals surface area contributed by atoms with E-state index in [0.717, 1.165) is 49.9 Å². The molecular formula is C30H29N3O4. The zero-order valence-corrected chi connectivity index (χ0v) is 20.9. The smallest absolute Gasteiger partial charge is 0.310 e. The molecule has 5 rings (SSSR count). The fourth-order valence-corrected chi connectivity index (χ4v) is 4.42. The minimum atomic E-state index is -0.289. The summed E-state index contributed by atoms with van der Waals surface area (Å²) in [5, 5.41) is 5.26. The maximum atomic E-state index is 12.3. The Kier molecular flexibility index (Phi) is 7.05. The molecule has 0 spiro atoms. The predicted octanol–water partition coefficient (Wildman–Crippen LogP) is 5.64. The quantitative estimate of drug-likeness (QED) is 0.266. The summed E-state index contributed by atoms with van der Waals surface area (Å²) < 4.78 is 19.1. The average Bonchev–Trinajstić information content (AvgIpc) is 3.56. The number of esters is 1. The molecule has 0 aliphatic rings. The van der Waals surface area contributed by atoms with E-state index in [4.69, 9.17) is 19.6 Å². The van der Waals surface area contributed by atoms with Crippen LogP contribution in [-0.2, 0) is 36.2 Å². The van der Waals surface area contributed by atoms with E-state index in [9.17, 15) is 4.79 Å². The minimum Gasteiger partial charge on any atom is -0.489 e. The number of rotatable bonds is 9. The third kappa shape index (κ3) is 5.42. The van der Waals surface area contributed by atoms with E-state index < -0.39 is 0 Å². The van der Waals surface area contributed by atoms with Crippen LogP contribution >= 0.6 is 0 Å². The van der Waals surface area contributed by atoms with Gasteiger partial charge < -0.3 is 19.6 Å². The van der Waals surface area contributed by atoms with Crippen LogP contribution in [0.15, 0.2) is 83.7 Å². The molecule has 0 amide bonds. The maximum absolute atomic E-state index is 12.3. The number of hydrogen-bond donors (Lipinski definition) is 1. The Hall–Kier alpha value is -4.36. The summed E-state index contributed by atoms with van der Waals surface area (Å²) in [6.07, 6.45) is 5.58. The molecular weight excluding hydrogens is 466 g/mol. The molecule has 37 heavy (non-hydrogen) atoms. The van der Waals surface area contributed by atoms with Gasteiger partial charge in [0.15, 0.2) is 0 Å². The number of ether oxygens (including phenoxy) is 2. The van der Waals surface area contributed by atoms with Crippen LogP contribution in [0.1, 0.15) is 23.6 Å². The van der Waals surface area contributed by atoms with Gasteiger partial charge in [0.05, 0.1) is 25.5 Å². The lowest BCUT2D eigenvalue weighted by atomic mass is 9.99. The van der Waals surface area contributed by atoms with Crippen LogP contribution in [0.25, 0.3) is 33.2 Å². The number of hydrogen-bond acceptors (Lipinski definition) is 6. The molecule has 2 N–H and O–H groups in total. The summed E-state index contributed by atoms with van der Waals surface area (Å²) in [6.45, 7) is 2.92. The van der Waals surface area contributed by atoms with Crippen molar-refractivity contribution in [3.8, 4) is 28.0 Å². The van der Waals surface area contributed by atoms with E-state index >= 15 is 0 Å². The van der Waals surface area contributed by atoms with E-state index in [1.165, 1.54) is 0 Å². The first-order valence-electron chi connectivity index (χ1n) is 12.2. The van der Waals surface area contributed by atoms with Crippen molar-refractivity contribution < 1.29 is 18.7 Å². The second-order valence-corrected chi connectivity index (χ2v) is 8.88. The van der Waals surface area contributed by atoms with Gasteiger partial charge in [-0.25, -0.2) is 0 Å². The number of carbonyl (C=O) groups is 1. The van der Waals surface area contributed by atoms with Crippen molar-refractivity contribution in [2.75, 3.05) is 6.61 Å². The van der Waals surface area contributed by atoms with Crippen LogP contribution in [0.3, 0.4) is 0 Å². The largest absolute Gasteiger partial charge is 0.489 e. The number of nitrogens with two attached hydrogens (primary N) is 1. The zero-order chi connectivity index (χ0) is 25.8. The van der Waals surface area contributed by atoms with Crippen molar-refractivity contribution in [1.82, 2.24) is 9.78 Å². The lowest BCUT2D eigenvalue weighted by molar-refractivity contribution is -0.142. The van der Waals surface area contributed by atoms with Crippen LogP contribution in [0.4, 0.5) is 0 Å². The van der Waals surface area contributed by atoms with Crippen LogP contribution < -0.4 is 10.5 Å². The van der Waals surface area contributed by atoms with Gasteiger partial charge in [-0.3, -0.25) is 9.48 Å². The van der Waals surface area contributed by atoms with Gasteiger partial charge >= 0.3 is 5.97 Å². The molecule has 3 aromatic carbocycles. The van der Waals surface area contributed by atoms with E-state index in [-0.39, 0.29) is 12.4 Å². The third-order valence-electron chi connectivity index (χ3n) is 6.22. The summed E-state index contributed by atoms with van der Waals surface area (Å²) in [4.78, 5) is 12.3. The van der Waals surface area contributed by atoms with E-state index in [1.54, 1.807) is 24.1 Å². The van der Waals surface area contributed by atoms with Gasteiger partial charge in [0.25, 0.3) is 0 Å². The number of benzene rings is 3. The summed E-state index contributed by atoms with van der Waals surface area (Å²) in [5.41, 5.74) is 13.4. The molecule has 0 fully saturated rings. The molecule has 188 valence electrons. The van der Waals surface area contributed by atoms with Gasteiger partial charge in [0.2, 0.25) is 0 Å². The minimum absolute atomic E-state index is 0.133. The lowest BCUT2D eigenvalue weighted by Gasteiger charge is -2.14. The summed E-state index contributed by atoms with van der Waals surface area (Å²) >= 11 is 0. The van der Waals surface area contributed by atoms with Crippen molar-refractivity contribution >= 4 is 16.9 Å². The molecule has 0 aliphatic heterocycles. The highest BCUT2D eigenvalue weighted by Gasteiger charge is 2.15. The number of fused-ring (bicyclic) bond motifs is 1. The topological polar surface area (TPSA) is 92.5 Å². The Bertz CT molecular complexity index is 1550. The Balaban J connectivity index is 1.48. The molecule has 0 radical (unpaired) electrons. The SMILES string of the molecule is CCOC(=O)Cc1ccc(-c2cnn(C)c2)cc1OCc1cc(-c2cccc(CN)c2)c2occc2c1. The van der Waals surface area contributed by atoms with Crippen molar-refractivity contribution in [2.45, 2.75) is 26.5 Å². The summed E-state index contributed by atoms with van der Waals surface area (Å²) in [6, 6.07) is 20.1. The predicted molar refractivity (Wildman–Crippen MR) is 143 cm³/mol. The van der Waals surface area contributed by atoms with Crippen LogP contribution in [0, 0.1) is 0 Å².